The number of Topliss-reactive ketones (excluding diaryl/α,β-unsaturated/α-hetero) is 1. The molecule has 0 aliphatic carbocycles. The zero-order valence-corrected chi connectivity index (χ0v) is 12.4. The molecule has 7 heteroatoms. The number of furan rings is 1. The number of carbonyl (C=O) groups is 2. The van der Waals surface area contributed by atoms with E-state index in [2.05, 4.69) is 4.98 Å². The lowest BCUT2D eigenvalue weighted by atomic mass is 10.2. The van der Waals surface area contributed by atoms with Crippen LogP contribution in [0.5, 0.6) is 0 Å². The van der Waals surface area contributed by atoms with Gasteiger partial charge in [0.2, 0.25) is 5.58 Å². The predicted molar refractivity (Wildman–Crippen MR) is 82.0 cm³/mol. The Morgan fingerprint density at radius 1 is 1.30 bits per heavy atom. The summed E-state index contributed by atoms with van der Waals surface area (Å²) in [6.45, 7) is 1.61. The number of ketones is 1. The van der Waals surface area contributed by atoms with E-state index in [1.807, 2.05) is 12.1 Å². The fourth-order valence-corrected chi connectivity index (χ4v) is 2.35. The molecule has 0 spiro atoms. The number of rotatable bonds is 5. The maximum atomic E-state index is 12.4. The minimum Gasteiger partial charge on any atom is -0.466 e. The second kappa shape index (κ2) is 6.04. The highest BCUT2D eigenvalue weighted by Crippen LogP contribution is 2.23. The summed E-state index contributed by atoms with van der Waals surface area (Å²) in [5.74, 6) is -1.04. The molecule has 2 heterocycles. The Hall–Kier alpha value is -2.96. The largest absolute Gasteiger partial charge is 0.466 e. The van der Waals surface area contributed by atoms with Crippen molar-refractivity contribution in [2.45, 2.75) is 19.9 Å². The van der Waals surface area contributed by atoms with Gasteiger partial charge < -0.3 is 9.15 Å². The Morgan fingerprint density at radius 3 is 2.87 bits per heavy atom. The smallest absolute Gasteiger partial charge is 0.313 e. The Balaban J connectivity index is 1.92. The van der Waals surface area contributed by atoms with Gasteiger partial charge >= 0.3 is 5.97 Å². The molecule has 3 aromatic rings. The van der Waals surface area contributed by atoms with Gasteiger partial charge in [-0.05, 0) is 19.1 Å². The molecule has 0 unspecified atom stereocenters. The number of carbonyl (C=O) groups excluding carboxylic acids is 2. The van der Waals surface area contributed by atoms with Crippen molar-refractivity contribution in [3.63, 3.8) is 0 Å². The van der Waals surface area contributed by atoms with Gasteiger partial charge in [-0.15, -0.1) is 0 Å². The van der Waals surface area contributed by atoms with Crippen LogP contribution < -0.4 is 5.56 Å². The van der Waals surface area contributed by atoms with Crippen molar-refractivity contribution in [2.75, 3.05) is 6.61 Å². The molecule has 0 saturated carbocycles. The first-order chi connectivity index (χ1) is 11.1. The lowest BCUT2D eigenvalue weighted by Gasteiger charge is -2.04. The van der Waals surface area contributed by atoms with E-state index in [-0.39, 0.29) is 25.2 Å². The number of hydrogen-bond donors (Lipinski definition) is 0. The number of aromatic nitrogens is 2. The van der Waals surface area contributed by atoms with Crippen molar-refractivity contribution in [3.8, 4) is 0 Å². The van der Waals surface area contributed by atoms with Crippen molar-refractivity contribution in [1.82, 2.24) is 9.55 Å². The zero-order chi connectivity index (χ0) is 16.4. The van der Waals surface area contributed by atoms with Gasteiger partial charge in [0.25, 0.3) is 5.56 Å². The quantitative estimate of drug-likeness (QED) is 0.525. The molecule has 0 saturated heterocycles. The highest BCUT2D eigenvalue weighted by molar-refractivity contribution is 6.01. The van der Waals surface area contributed by atoms with Gasteiger partial charge in [0.15, 0.2) is 5.78 Å². The first-order valence-electron chi connectivity index (χ1n) is 7.14. The van der Waals surface area contributed by atoms with E-state index in [0.29, 0.717) is 11.1 Å². The summed E-state index contributed by atoms with van der Waals surface area (Å²) in [6.07, 6.45) is 0.911. The van der Waals surface area contributed by atoms with Gasteiger partial charge in [-0.1, -0.05) is 12.1 Å². The summed E-state index contributed by atoms with van der Waals surface area (Å²) in [7, 11) is 0. The van der Waals surface area contributed by atoms with Crippen LogP contribution in [0.3, 0.4) is 0 Å². The molecular weight excluding hydrogens is 300 g/mol. The fraction of sp³-hybridized carbons (Fsp3) is 0.250. The molecular formula is C16H14N2O5. The SMILES string of the molecule is CCOC(=O)CC(=O)Cn1cnc2c(oc3ccccc32)c1=O. The predicted octanol–water partition coefficient (Wildman–Crippen LogP) is 1.66. The molecule has 0 aliphatic rings. The molecule has 2 aromatic heterocycles. The number of para-hydroxylation sites is 1. The van der Waals surface area contributed by atoms with E-state index in [0.717, 1.165) is 9.95 Å². The Morgan fingerprint density at radius 2 is 2.09 bits per heavy atom. The topological polar surface area (TPSA) is 91.4 Å². The van der Waals surface area contributed by atoms with E-state index >= 15 is 0 Å². The summed E-state index contributed by atoms with van der Waals surface area (Å²) in [5.41, 5.74) is 0.656. The summed E-state index contributed by atoms with van der Waals surface area (Å²) < 4.78 is 11.4. The van der Waals surface area contributed by atoms with Gasteiger partial charge in [-0.2, -0.15) is 0 Å². The molecule has 0 aliphatic heterocycles. The molecule has 7 nitrogen and oxygen atoms in total. The molecule has 0 radical (unpaired) electrons. The van der Waals surface area contributed by atoms with Gasteiger partial charge in [0.1, 0.15) is 17.5 Å². The molecule has 1 aromatic carbocycles. The summed E-state index contributed by atoms with van der Waals surface area (Å²) in [6, 6.07) is 7.18. The van der Waals surface area contributed by atoms with E-state index < -0.39 is 17.3 Å². The summed E-state index contributed by atoms with van der Waals surface area (Å²) in [5, 5.41) is 0.740. The number of benzene rings is 1. The van der Waals surface area contributed by atoms with E-state index in [1.165, 1.54) is 6.33 Å². The second-order valence-corrected chi connectivity index (χ2v) is 4.97. The van der Waals surface area contributed by atoms with E-state index in [1.54, 1.807) is 19.1 Å². The second-order valence-electron chi connectivity index (χ2n) is 4.97. The molecule has 0 bridgehead atoms. The standard InChI is InChI=1S/C16H14N2O5/c1-2-22-13(20)7-10(19)8-18-9-17-14-11-5-3-4-6-12(11)23-15(14)16(18)21/h3-6,9H,2,7-8H2,1H3. The first-order valence-corrected chi connectivity index (χ1v) is 7.14. The maximum Gasteiger partial charge on any atom is 0.313 e. The molecule has 0 N–H and O–H groups in total. The Labute approximate surface area is 130 Å². The number of fused-ring (bicyclic) bond motifs is 3. The van der Waals surface area contributed by atoms with Gasteiger partial charge in [-0.3, -0.25) is 19.0 Å². The van der Waals surface area contributed by atoms with Crippen LogP contribution in [-0.4, -0.2) is 27.9 Å². The third-order valence-electron chi connectivity index (χ3n) is 3.34. The van der Waals surface area contributed by atoms with Crippen LogP contribution in [0.15, 0.2) is 39.8 Å². The van der Waals surface area contributed by atoms with Crippen LogP contribution in [0.25, 0.3) is 22.1 Å². The van der Waals surface area contributed by atoms with Gasteiger partial charge in [-0.25, -0.2) is 4.98 Å². The van der Waals surface area contributed by atoms with Gasteiger partial charge in [0, 0.05) is 5.39 Å². The molecule has 0 atom stereocenters. The van der Waals surface area contributed by atoms with Crippen LogP contribution in [0.1, 0.15) is 13.3 Å². The molecule has 118 valence electrons. The van der Waals surface area contributed by atoms with Crippen LogP contribution in [0.4, 0.5) is 0 Å². The van der Waals surface area contributed by atoms with E-state index in [4.69, 9.17) is 9.15 Å². The molecule has 3 rings (SSSR count). The van der Waals surface area contributed by atoms with Crippen molar-refractivity contribution < 1.29 is 18.7 Å². The van der Waals surface area contributed by atoms with Crippen molar-refractivity contribution in [1.29, 1.82) is 0 Å². The maximum absolute atomic E-state index is 12.4. The summed E-state index contributed by atoms with van der Waals surface area (Å²) >= 11 is 0. The monoisotopic (exact) mass is 314 g/mol. The van der Waals surface area contributed by atoms with Crippen LogP contribution >= 0.6 is 0 Å². The Kier molecular flexibility index (Phi) is 3.92. The highest BCUT2D eigenvalue weighted by atomic mass is 16.5. The number of ether oxygens (including phenoxy) is 1. The minimum atomic E-state index is -0.608. The van der Waals surface area contributed by atoms with Gasteiger partial charge in [0.05, 0.1) is 19.5 Å². The third-order valence-corrected chi connectivity index (χ3v) is 3.34. The number of nitrogens with zero attached hydrogens (tertiary/aromatic N) is 2. The lowest BCUT2D eigenvalue weighted by Crippen LogP contribution is -2.25. The third kappa shape index (κ3) is 2.85. The lowest BCUT2D eigenvalue weighted by molar-refractivity contribution is -0.145. The fourth-order valence-electron chi connectivity index (χ4n) is 2.35. The minimum absolute atomic E-state index is 0.0950. The number of esters is 1. The molecule has 23 heavy (non-hydrogen) atoms. The van der Waals surface area contributed by atoms with Crippen molar-refractivity contribution in [3.05, 3.63) is 40.9 Å². The highest BCUT2D eigenvalue weighted by Gasteiger charge is 2.16. The Bertz CT molecular complexity index is 954. The van der Waals surface area contributed by atoms with Crippen LogP contribution in [-0.2, 0) is 20.9 Å². The van der Waals surface area contributed by atoms with E-state index in [9.17, 15) is 14.4 Å². The van der Waals surface area contributed by atoms with Crippen molar-refractivity contribution in [2.24, 2.45) is 0 Å². The molecule has 0 amide bonds. The average molecular weight is 314 g/mol. The number of hydrogen-bond acceptors (Lipinski definition) is 6. The van der Waals surface area contributed by atoms with Crippen molar-refractivity contribution >= 4 is 33.8 Å². The van der Waals surface area contributed by atoms with Crippen LogP contribution in [0, 0.1) is 0 Å². The summed E-state index contributed by atoms with van der Waals surface area (Å²) in [4.78, 5) is 39.7. The molecule has 0 fully saturated rings. The van der Waals surface area contributed by atoms with Crippen LogP contribution in [0.2, 0.25) is 0 Å². The normalized spacial score (nSPS) is 11.0. The average Bonchev–Trinajstić information content (AvgIpc) is 2.90. The first kappa shape index (κ1) is 15.0. The zero-order valence-electron chi connectivity index (χ0n) is 12.4.